The minimum absolute atomic E-state index is 0.141. The van der Waals surface area contributed by atoms with E-state index in [4.69, 9.17) is 0 Å². The first-order chi connectivity index (χ1) is 14.9. The predicted octanol–water partition coefficient (Wildman–Crippen LogP) is 3.14. The number of rotatable bonds is 7. The molecule has 0 amide bonds. The van der Waals surface area contributed by atoms with Crippen molar-refractivity contribution in [1.82, 2.24) is 10.0 Å². The molecule has 2 saturated heterocycles. The number of nitrogens with zero attached hydrogens (tertiary/aromatic N) is 1. The number of piperidine rings is 2. The summed E-state index contributed by atoms with van der Waals surface area (Å²) in [6, 6.07) is 10.5. The van der Waals surface area contributed by atoms with Crippen LogP contribution in [-0.2, 0) is 14.8 Å². The van der Waals surface area contributed by atoms with Gasteiger partial charge in [0.05, 0.1) is 0 Å². The van der Waals surface area contributed by atoms with Gasteiger partial charge < -0.3 is 15.3 Å². The molecule has 2 fully saturated rings. The van der Waals surface area contributed by atoms with Gasteiger partial charge in [0.25, 0.3) is 10.0 Å². The van der Waals surface area contributed by atoms with Crippen LogP contribution in [0.25, 0.3) is 10.4 Å². The highest BCUT2D eigenvalue weighted by molar-refractivity contribution is 7.91. The number of benzene rings is 1. The molecule has 0 aliphatic carbocycles. The van der Waals surface area contributed by atoms with Gasteiger partial charge in [0.15, 0.2) is 0 Å². The maximum atomic E-state index is 12.9. The Balaban J connectivity index is 1.48. The Labute approximate surface area is 187 Å². The first kappa shape index (κ1) is 22.3. The van der Waals surface area contributed by atoms with Gasteiger partial charge in [-0.3, -0.25) is 4.79 Å². The highest BCUT2D eigenvalue weighted by Crippen LogP contribution is 2.33. The topological polar surface area (TPSA) is 98.7 Å². The van der Waals surface area contributed by atoms with Gasteiger partial charge >= 0.3 is 5.97 Å². The van der Waals surface area contributed by atoms with Crippen molar-refractivity contribution in [3.05, 3.63) is 36.4 Å². The van der Waals surface area contributed by atoms with E-state index in [-0.39, 0.29) is 10.1 Å². The molecule has 0 bridgehead atoms. The Hall–Kier alpha value is -1.94. The quantitative estimate of drug-likeness (QED) is 0.584. The summed E-state index contributed by atoms with van der Waals surface area (Å²) in [5.41, 5.74) is 2.15. The summed E-state index contributed by atoms with van der Waals surface area (Å²) in [6.45, 7) is 3.56. The summed E-state index contributed by atoms with van der Waals surface area (Å²) in [5, 5.41) is 12.8. The van der Waals surface area contributed by atoms with Crippen LogP contribution < -0.4 is 14.9 Å². The molecule has 2 aliphatic heterocycles. The number of carbonyl (C=O) groups is 1. The molecule has 0 spiro atoms. The van der Waals surface area contributed by atoms with E-state index in [1.54, 1.807) is 12.1 Å². The van der Waals surface area contributed by atoms with Crippen molar-refractivity contribution in [3.8, 4) is 10.4 Å². The summed E-state index contributed by atoms with van der Waals surface area (Å²) in [4.78, 5) is 15.0. The second-order valence-corrected chi connectivity index (χ2v) is 11.3. The van der Waals surface area contributed by atoms with Crippen molar-refractivity contribution < 1.29 is 18.3 Å². The maximum Gasteiger partial charge on any atom is 0.322 e. The van der Waals surface area contributed by atoms with Crippen LogP contribution in [0.3, 0.4) is 0 Å². The van der Waals surface area contributed by atoms with Gasteiger partial charge in [-0.05, 0) is 80.9 Å². The van der Waals surface area contributed by atoms with E-state index in [9.17, 15) is 18.3 Å². The smallest absolute Gasteiger partial charge is 0.322 e. The van der Waals surface area contributed by atoms with Gasteiger partial charge in [0, 0.05) is 23.7 Å². The SMILES string of the molecule is O=C(O)[C@H](NS(=O)(=O)c1ccc(-c2ccc(N3CCCCC3)cc2)s1)C1CCNCC1. The van der Waals surface area contributed by atoms with Crippen LogP contribution in [0.5, 0.6) is 0 Å². The molecular formula is C22H29N3O4S2. The lowest BCUT2D eigenvalue weighted by molar-refractivity contribution is -0.140. The Morgan fingerprint density at radius 3 is 2.39 bits per heavy atom. The number of carboxylic acid groups (broad SMARTS) is 1. The van der Waals surface area contributed by atoms with Crippen LogP contribution >= 0.6 is 11.3 Å². The number of hydrogen-bond acceptors (Lipinski definition) is 6. The highest BCUT2D eigenvalue weighted by atomic mass is 32.2. The van der Waals surface area contributed by atoms with Gasteiger partial charge in [-0.25, -0.2) is 8.42 Å². The molecule has 4 rings (SSSR count). The highest BCUT2D eigenvalue weighted by Gasteiger charge is 2.34. The number of anilines is 1. The summed E-state index contributed by atoms with van der Waals surface area (Å²) >= 11 is 1.17. The lowest BCUT2D eigenvalue weighted by Gasteiger charge is -2.28. The van der Waals surface area contributed by atoms with Crippen LogP contribution in [0.2, 0.25) is 0 Å². The van der Waals surface area contributed by atoms with Gasteiger partial charge in [0.1, 0.15) is 10.3 Å². The summed E-state index contributed by atoms with van der Waals surface area (Å²) < 4.78 is 28.4. The number of thiophene rings is 1. The van der Waals surface area contributed by atoms with Crippen LogP contribution in [0.1, 0.15) is 32.1 Å². The molecule has 3 N–H and O–H groups in total. The molecule has 0 saturated carbocycles. The van der Waals surface area contributed by atoms with Gasteiger partial charge in [0.2, 0.25) is 0 Å². The monoisotopic (exact) mass is 463 g/mol. The number of hydrogen-bond donors (Lipinski definition) is 3. The Morgan fingerprint density at radius 2 is 1.74 bits per heavy atom. The molecule has 9 heteroatoms. The van der Waals surface area contributed by atoms with Crippen LogP contribution in [0, 0.1) is 5.92 Å². The number of sulfonamides is 1. The van der Waals surface area contributed by atoms with Crippen molar-refractivity contribution >= 4 is 33.0 Å². The summed E-state index contributed by atoms with van der Waals surface area (Å²) in [5.74, 6) is -1.34. The first-order valence-electron chi connectivity index (χ1n) is 10.8. The van der Waals surface area contributed by atoms with Crippen molar-refractivity contribution in [1.29, 1.82) is 0 Å². The second kappa shape index (κ2) is 9.68. The normalized spacial score (nSPS) is 19.3. The minimum atomic E-state index is -3.91. The molecule has 0 radical (unpaired) electrons. The zero-order valence-electron chi connectivity index (χ0n) is 17.4. The molecule has 1 aromatic carbocycles. The molecule has 7 nitrogen and oxygen atoms in total. The van der Waals surface area contributed by atoms with E-state index < -0.39 is 22.0 Å². The van der Waals surface area contributed by atoms with Crippen LogP contribution in [0.15, 0.2) is 40.6 Å². The third-order valence-corrected chi connectivity index (χ3v) is 9.19. The number of aliphatic carboxylic acids is 1. The van der Waals surface area contributed by atoms with E-state index in [0.29, 0.717) is 25.9 Å². The standard InChI is InChI=1S/C22H29N3O4S2/c26-22(27)21(17-10-12-23-13-11-17)24-31(28,29)20-9-8-19(30-20)16-4-6-18(7-5-16)25-14-2-1-3-15-25/h4-9,17,21,23-24H,1-3,10-15H2,(H,26,27)/t21-/m1/s1. The fourth-order valence-electron chi connectivity index (χ4n) is 4.36. The first-order valence-corrected chi connectivity index (χ1v) is 13.1. The molecule has 31 heavy (non-hydrogen) atoms. The number of nitrogens with one attached hydrogen (secondary N) is 2. The summed E-state index contributed by atoms with van der Waals surface area (Å²) in [6.07, 6.45) is 5.00. The largest absolute Gasteiger partial charge is 0.480 e. The van der Waals surface area contributed by atoms with E-state index in [1.165, 1.54) is 36.3 Å². The van der Waals surface area contributed by atoms with Crippen molar-refractivity contribution in [2.24, 2.45) is 5.92 Å². The molecule has 1 aromatic heterocycles. The van der Waals surface area contributed by atoms with Gasteiger partial charge in [-0.15, -0.1) is 11.3 Å². The van der Waals surface area contributed by atoms with Crippen LogP contribution in [-0.4, -0.2) is 51.7 Å². The Kier molecular flexibility index (Phi) is 6.95. The van der Waals surface area contributed by atoms with E-state index >= 15 is 0 Å². The average Bonchev–Trinajstić information content (AvgIpc) is 3.30. The zero-order valence-corrected chi connectivity index (χ0v) is 19.1. The molecular weight excluding hydrogens is 434 g/mol. The van der Waals surface area contributed by atoms with Gasteiger partial charge in [-0.2, -0.15) is 4.72 Å². The zero-order chi connectivity index (χ0) is 21.8. The van der Waals surface area contributed by atoms with E-state index in [2.05, 4.69) is 27.1 Å². The second-order valence-electron chi connectivity index (χ2n) is 8.24. The third kappa shape index (κ3) is 5.28. The van der Waals surface area contributed by atoms with E-state index in [1.807, 2.05) is 12.1 Å². The fourth-order valence-corrected chi connectivity index (χ4v) is 6.95. The number of carboxylic acids is 1. The third-order valence-electron chi connectivity index (χ3n) is 6.12. The fraction of sp³-hybridized carbons (Fsp3) is 0.500. The average molecular weight is 464 g/mol. The Bertz CT molecular complexity index is 992. The molecule has 1 atom stereocenters. The molecule has 0 unspecified atom stereocenters. The van der Waals surface area contributed by atoms with E-state index in [0.717, 1.165) is 23.5 Å². The predicted molar refractivity (Wildman–Crippen MR) is 123 cm³/mol. The molecule has 2 aromatic rings. The molecule has 168 valence electrons. The molecule has 3 heterocycles. The van der Waals surface area contributed by atoms with Crippen LogP contribution in [0.4, 0.5) is 5.69 Å². The lowest BCUT2D eigenvalue weighted by Crippen LogP contribution is -2.48. The summed E-state index contributed by atoms with van der Waals surface area (Å²) in [7, 11) is -3.91. The minimum Gasteiger partial charge on any atom is -0.480 e. The van der Waals surface area contributed by atoms with Gasteiger partial charge in [-0.1, -0.05) is 12.1 Å². The Morgan fingerprint density at radius 1 is 1.06 bits per heavy atom. The molecule has 2 aliphatic rings. The maximum absolute atomic E-state index is 12.9. The van der Waals surface area contributed by atoms with Crippen molar-refractivity contribution in [2.75, 3.05) is 31.1 Å². The lowest BCUT2D eigenvalue weighted by atomic mass is 9.91. The van der Waals surface area contributed by atoms with Crippen molar-refractivity contribution in [3.63, 3.8) is 0 Å². The van der Waals surface area contributed by atoms with Crippen molar-refractivity contribution in [2.45, 2.75) is 42.4 Å².